The van der Waals surface area contributed by atoms with E-state index in [9.17, 15) is 0 Å². The number of anilines is 1. The largest absolute Gasteiger partial charge is 0.385 e. The van der Waals surface area contributed by atoms with Crippen molar-refractivity contribution in [1.29, 1.82) is 0 Å². The van der Waals surface area contributed by atoms with Crippen LogP contribution in [0.3, 0.4) is 0 Å². The van der Waals surface area contributed by atoms with Crippen LogP contribution in [0.25, 0.3) is 5.69 Å². The predicted molar refractivity (Wildman–Crippen MR) is 78.3 cm³/mol. The molecule has 1 N–H and O–H groups in total. The van der Waals surface area contributed by atoms with Crippen LogP contribution in [0.2, 0.25) is 0 Å². The summed E-state index contributed by atoms with van der Waals surface area (Å²) in [5.74, 6) is 0. The van der Waals surface area contributed by atoms with Crippen molar-refractivity contribution < 1.29 is 0 Å². The highest BCUT2D eigenvalue weighted by atomic mass is 14.9. The van der Waals surface area contributed by atoms with Gasteiger partial charge in [0.25, 0.3) is 0 Å². The lowest BCUT2D eigenvalue weighted by atomic mass is 9.92. The van der Waals surface area contributed by atoms with Crippen molar-refractivity contribution >= 4 is 5.69 Å². The molecule has 18 heavy (non-hydrogen) atoms. The quantitative estimate of drug-likeness (QED) is 0.844. The van der Waals surface area contributed by atoms with Gasteiger partial charge in [-0.25, -0.2) is 0 Å². The molecule has 0 saturated heterocycles. The molecule has 0 spiro atoms. The molecule has 0 aliphatic carbocycles. The Bertz CT molecular complexity index is 478. The van der Waals surface area contributed by atoms with E-state index in [0.29, 0.717) is 5.41 Å². The number of aromatic nitrogens is 1. The molecule has 0 unspecified atom stereocenters. The highest BCUT2D eigenvalue weighted by Gasteiger charge is 2.08. The first-order valence-corrected chi connectivity index (χ1v) is 6.52. The van der Waals surface area contributed by atoms with Gasteiger partial charge in [-0.1, -0.05) is 26.8 Å². The summed E-state index contributed by atoms with van der Waals surface area (Å²) in [5, 5.41) is 3.49. The fourth-order valence-corrected chi connectivity index (χ4v) is 1.86. The van der Waals surface area contributed by atoms with Crippen LogP contribution in [0.1, 0.15) is 27.2 Å². The van der Waals surface area contributed by atoms with Crippen molar-refractivity contribution in [2.75, 3.05) is 11.9 Å². The second kappa shape index (κ2) is 5.30. The van der Waals surface area contributed by atoms with Gasteiger partial charge >= 0.3 is 0 Å². The minimum absolute atomic E-state index is 0.380. The van der Waals surface area contributed by atoms with Gasteiger partial charge in [-0.15, -0.1) is 0 Å². The molecule has 0 saturated carbocycles. The predicted octanol–water partition coefficient (Wildman–Crippen LogP) is 4.33. The molecule has 1 aromatic heterocycles. The van der Waals surface area contributed by atoms with Gasteiger partial charge in [0.1, 0.15) is 0 Å². The second-order valence-electron chi connectivity index (χ2n) is 5.88. The summed E-state index contributed by atoms with van der Waals surface area (Å²) in [6.45, 7) is 7.82. The minimum atomic E-state index is 0.380. The summed E-state index contributed by atoms with van der Waals surface area (Å²) in [7, 11) is 0. The van der Waals surface area contributed by atoms with Crippen molar-refractivity contribution in [2.45, 2.75) is 27.2 Å². The van der Waals surface area contributed by atoms with Crippen molar-refractivity contribution in [2.24, 2.45) is 5.41 Å². The van der Waals surface area contributed by atoms with E-state index in [2.05, 4.69) is 67.3 Å². The van der Waals surface area contributed by atoms with E-state index < -0.39 is 0 Å². The maximum Gasteiger partial charge on any atom is 0.0469 e. The summed E-state index contributed by atoms with van der Waals surface area (Å²) in [6, 6.07) is 12.6. The number of hydrogen-bond donors (Lipinski definition) is 1. The Hall–Kier alpha value is -1.70. The van der Waals surface area contributed by atoms with Gasteiger partial charge in [-0.3, -0.25) is 0 Å². The lowest BCUT2D eigenvalue weighted by Gasteiger charge is -2.18. The Morgan fingerprint density at radius 2 is 1.78 bits per heavy atom. The average molecular weight is 242 g/mol. The van der Waals surface area contributed by atoms with Crippen LogP contribution in [0, 0.1) is 5.41 Å². The Morgan fingerprint density at radius 3 is 2.44 bits per heavy atom. The smallest absolute Gasteiger partial charge is 0.0469 e. The number of benzene rings is 1. The van der Waals surface area contributed by atoms with Crippen LogP contribution >= 0.6 is 0 Å². The number of nitrogens with zero attached hydrogens (tertiary/aromatic N) is 1. The fraction of sp³-hybridized carbons (Fsp3) is 0.375. The first kappa shape index (κ1) is 12.7. The molecular weight excluding hydrogens is 220 g/mol. The number of hydrogen-bond acceptors (Lipinski definition) is 1. The molecule has 0 amide bonds. The van der Waals surface area contributed by atoms with Gasteiger partial charge in [0.05, 0.1) is 0 Å². The van der Waals surface area contributed by atoms with E-state index >= 15 is 0 Å². The molecule has 2 rings (SSSR count). The first-order valence-electron chi connectivity index (χ1n) is 6.52. The molecule has 96 valence electrons. The van der Waals surface area contributed by atoms with Gasteiger partial charge in [-0.05, 0) is 42.2 Å². The summed E-state index contributed by atoms with van der Waals surface area (Å²) in [6.07, 6.45) is 5.29. The van der Waals surface area contributed by atoms with Gasteiger partial charge in [0, 0.05) is 30.3 Å². The standard InChI is InChI=1S/C16H22N2/c1-16(2,3)9-10-17-14-7-6-8-15(13-14)18-11-4-5-12-18/h4-8,11-13,17H,9-10H2,1-3H3. The molecule has 0 radical (unpaired) electrons. The van der Waals surface area contributed by atoms with E-state index in [1.54, 1.807) is 0 Å². The third kappa shape index (κ3) is 3.66. The Labute approximate surface area is 110 Å². The molecule has 0 aliphatic rings. The maximum absolute atomic E-state index is 3.49. The van der Waals surface area contributed by atoms with E-state index in [1.807, 2.05) is 12.1 Å². The van der Waals surface area contributed by atoms with Crippen LogP contribution in [-0.4, -0.2) is 11.1 Å². The van der Waals surface area contributed by atoms with E-state index in [-0.39, 0.29) is 0 Å². The summed E-state index contributed by atoms with van der Waals surface area (Å²) in [5.41, 5.74) is 2.76. The molecule has 0 bridgehead atoms. The highest BCUT2D eigenvalue weighted by Crippen LogP contribution is 2.19. The van der Waals surface area contributed by atoms with Gasteiger partial charge in [-0.2, -0.15) is 0 Å². The minimum Gasteiger partial charge on any atom is -0.385 e. The lowest BCUT2D eigenvalue weighted by Crippen LogP contribution is -2.12. The zero-order chi connectivity index (χ0) is 13.0. The fourth-order valence-electron chi connectivity index (χ4n) is 1.86. The van der Waals surface area contributed by atoms with Crippen LogP contribution in [-0.2, 0) is 0 Å². The van der Waals surface area contributed by atoms with Crippen molar-refractivity contribution in [3.63, 3.8) is 0 Å². The molecular formula is C16H22N2. The van der Waals surface area contributed by atoms with Crippen molar-refractivity contribution in [1.82, 2.24) is 4.57 Å². The third-order valence-corrected chi connectivity index (χ3v) is 2.95. The Balaban J connectivity index is 2.00. The first-order chi connectivity index (χ1) is 8.54. The zero-order valence-corrected chi connectivity index (χ0v) is 11.5. The van der Waals surface area contributed by atoms with E-state index in [0.717, 1.165) is 6.54 Å². The van der Waals surface area contributed by atoms with Crippen molar-refractivity contribution in [3.05, 3.63) is 48.8 Å². The van der Waals surface area contributed by atoms with Crippen LogP contribution < -0.4 is 5.32 Å². The van der Waals surface area contributed by atoms with Gasteiger partial charge in [0.15, 0.2) is 0 Å². The Morgan fingerprint density at radius 1 is 1.06 bits per heavy atom. The lowest BCUT2D eigenvalue weighted by molar-refractivity contribution is 0.390. The molecule has 0 atom stereocenters. The summed E-state index contributed by atoms with van der Waals surface area (Å²) >= 11 is 0. The van der Waals surface area contributed by atoms with Gasteiger partial charge < -0.3 is 9.88 Å². The zero-order valence-electron chi connectivity index (χ0n) is 11.5. The van der Waals surface area contributed by atoms with Crippen LogP contribution in [0.4, 0.5) is 5.69 Å². The van der Waals surface area contributed by atoms with E-state index in [4.69, 9.17) is 0 Å². The number of rotatable bonds is 4. The maximum atomic E-state index is 3.49. The number of nitrogens with one attached hydrogen (secondary N) is 1. The van der Waals surface area contributed by atoms with Crippen LogP contribution in [0.5, 0.6) is 0 Å². The third-order valence-electron chi connectivity index (χ3n) is 2.95. The topological polar surface area (TPSA) is 17.0 Å². The van der Waals surface area contributed by atoms with E-state index in [1.165, 1.54) is 17.8 Å². The molecule has 2 heteroatoms. The highest BCUT2D eigenvalue weighted by molar-refractivity contribution is 5.51. The molecule has 2 nitrogen and oxygen atoms in total. The molecule has 1 heterocycles. The second-order valence-corrected chi connectivity index (χ2v) is 5.88. The SMILES string of the molecule is CC(C)(C)CCNc1cccc(-n2cccc2)c1. The van der Waals surface area contributed by atoms with Crippen LogP contribution in [0.15, 0.2) is 48.8 Å². The molecule has 2 aromatic rings. The summed E-state index contributed by atoms with van der Waals surface area (Å²) < 4.78 is 2.12. The average Bonchev–Trinajstić information content (AvgIpc) is 2.81. The Kier molecular flexibility index (Phi) is 3.75. The summed E-state index contributed by atoms with van der Waals surface area (Å²) in [4.78, 5) is 0. The monoisotopic (exact) mass is 242 g/mol. The normalized spacial score (nSPS) is 11.5. The molecule has 0 fully saturated rings. The molecule has 0 aliphatic heterocycles. The van der Waals surface area contributed by atoms with Crippen molar-refractivity contribution in [3.8, 4) is 5.69 Å². The molecule has 1 aromatic carbocycles. The van der Waals surface area contributed by atoms with Gasteiger partial charge in [0.2, 0.25) is 0 Å².